The summed E-state index contributed by atoms with van der Waals surface area (Å²) in [4.78, 5) is 14.8. The van der Waals surface area contributed by atoms with E-state index in [1.807, 2.05) is 26.8 Å². The monoisotopic (exact) mass is 228 g/mol. The molecule has 0 aliphatic carbocycles. The zero-order chi connectivity index (χ0) is 11.6. The zero-order valence-electron chi connectivity index (χ0n) is 8.87. The summed E-state index contributed by atoms with van der Waals surface area (Å²) in [6.45, 7) is 5.97. The van der Waals surface area contributed by atoms with Gasteiger partial charge in [-0.3, -0.25) is 4.89 Å². The minimum Gasteiger partial charge on any atom is -0.295 e. The van der Waals surface area contributed by atoms with Gasteiger partial charge in [-0.1, -0.05) is 44.5 Å². The summed E-state index contributed by atoms with van der Waals surface area (Å²) in [6.07, 6.45) is 0. The number of hydrogen-bond acceptors (Lipinski definition) is 3. The molecule has 3 nitrogen and oxygen atoms in total. The van der Waals surface area contributed by atoms with E-state index < -0.39 is 5.97 Å². The van der Waals surface area contributed by atoms with Gasteiger partial charge in [0.15, 0.2) is 0 Å². The third-order valence-corrected chi connectivity index (χ3v) is 2.52. The third-order valence-electron chi connectivity index (χ3n) is 2.11. The molecule has 0 saturated heterocycles. The van der Waals surface area contributed by atoms with Crippen LogP contribution < -0.4 is 0 Å². The minimum absolute atomic E-state index is 0.164. The lowest BCUT2D eigenvalue weighted by Gasteiger charge is -2.21. The molecule has 1 aromatic carbocycles. The van der Waals surface area contributed by atoms with Crippen molar-refractivity contribution in [2.24, 2.45) is 0 Å². The Kier molecular flexibility index (Phi) is 3.37. The number of carbonyl (C=O) groups excluding carboxylic acids is 1. The van der Waals surface area contributed by atoms with Gasteiger partial charge in [0.2, 0.25) is 0 Å². The first-order valence-corrected chi connectivity index (χ1v) is 4.90. The molecule has 0 heterocycles. The highest BCUT2D eigenvalue weighted by Gasteiger charge is 2.22. The fourth-order valence-electron chi connectivity index (χ4n) is 1.32. The summed E-state index contributed by atoms with van der Waals surface area (Å²) < 4.78 is 0. The summed E-state index contributed by atoms with van der Waals surface area (Å²) in [5.41, 5.74) is 0.849. The Morgan fingerprint density at radius 1 is 1.40 bits per heavy atom. The standard InChI is InChI=1S/C11H13ClO3/c1-11(2,3)8-6-4-5-7(9(8)12)10(13)15-14/h4-6,14H,1-3H3. The number of halogens is 1. The lowest BCUT2D eigenvalue weighted by molar-refractivity contribution is -0.182. The number of benzene rings is 1. The van der Waals surface area contributed by atoms with Gasteiger partial charge in [0.1, 0.15) is 0 Å². The van der Waals surface area contributed by atoms with Crippen LogP contribution in [0.2, 0.25) is 5.02 Å². The summed E-state index contributed by atoms with van der Waals surface area (Å²) in [6, 6.07) is 5.06. The largest absolute Gasteiger partial charge is 0.374 e. The fourth-order valence-corrected chi connectivity index (χ4v) is 1.80. The van der Waals surface area contributed by atoms with Crippen molar-refractivity contribution >= 4 is 17.6 Å². The molecule has 0 spiro atoms. The summed E-state index contributed by atoms with van der Waals surface area (Å²) in [5.74, 6) is -0.842. The minimum atomic E-state index is -0.842. The second kappa shape index (κ2) is 4.21. The van der Waals surface area contributed by atoms with Gasteiger partial charge in [0, 0.05) is 0 Å². The average molecular weight is 229 g/mol. The van der Waals surface area contributed by atoms with E-state index in [0.717, 1.165) is 5.56 Å². The molecule has 0 radical (unpaired) electrons. The van der Waals surface area contributed by atoms with Crippen molar-refractivity contribution in [3.63, 3.8) is 0 Å². The molecule has 1 N–H and O–H groups in total. The molecule has 1 rings (SSSR count). The quantitative estimate of drug-likeness (QED) is 0.593. The Morgan fingerprint density at radius 2 is 2.00 bits per heavy atom. The molecule has 0 aliphatic rings. The van der Waals surface area contributed by atoms with Crippen LogP contribution >= 0.6 is 11.6 Å². The van der Waals surface area contributed by atoms with Crippen LogP contribution in [-0.2, 0) is 10.3 Å². The Morgan fingerprint density at radius 3 is 2.47 bits per heavy atom. The summed E-state index contributed by atoms with van der Waals surface area (Å²) in [5, 5.41) is 8.62. The van der Waals surface area contributed by atoms with Gasteiger partial charge in [-0.2, -0.15) is 5.26 Å². The fraction of sp³-hybridized carbons (Fsp3) is 0.364. The van der Waals surface area contributed by atoms with E-state index in [2.05, 4.69) is 4.89 Å². The smallest absolute Gasteiger partial charge is 0.295 e. The summed E-state index contributed by atoms with van der Waals surface area (Å²) in [7, 11) is 0. The third kappa shape index (κ3) is 2.49. The van der Waals surface area contributed by atoms with Crippen molar-refractivity contribution in [1.82, 2.24) is 0 Å². The Labute approximate surface area is 93.6 Å². The van der Waals surface area contributed by atoms with Crippen LogP contribution in [0.3, 0.4) is 0 Å². The van der Waals surface area contributed by atoms with Crippen molar-refractivity contribution in [2.75, 3.05) is 0 Å². The first-order valence-electron chi connectivity index (χ1n) is 4.52. The Bertz CT molecular complexity index is 380. The van der Waals surface area contributed by atoms with Gasteiger partial charge in [-0.15, -0.1) is 0 Å². The lowest BCUT2D eigenvalue weighted by atomic mass is 9.86. The molecule has 0 amide bonds. The molecular formula is C11H13ClO3. The molecule has 4 heteroatoms. The summed E-state index contributed by atoms with van der Waals surface area (Å²) >= 11 is 6.06. The van der Waals surface area contributed by atoms with E-state index in [1.54, 1.807) is 6.07 Å². The van der Waals surface area contributed by atoms with Crippen molar-refractivity contribution in [2.45, 2.75) is 26.2 Å². The van der Waals surface area contributed by atoms with Crippen molar-refractivity contribution in [3.8, 4) is 0 Å². The van der Waals surface area contributed by atoms with E-state index in [4.69, 9.17) is 16.9 Å². The SMILES string of the molecule is CC(C)(C)c1cccc(C(=O)OO)c1Cl. The molecule has 82 valence electrons. The Balaban J connectivity index is 3.30. The maximum Gasteiger partial charge on any atom is 0.374 e. The van der Waals surface area contributed by atoms with Gasteiger partial charge in [0.25, 0.3) is 0 Å². The number of carbonyl (C=O) groups is 1. The molecule has 0 aliphatic heterocycles. The normalized spacial score (nSPS) is 11.3. The molecule has 0 atom stereocenters. The molecule has 0 bridgehead atoms. The lowest BCUT2D eigenvalue weighted by Crippen LogP contribution is -2.14. The van der Waals surface area contributed by atoms with E-state index in [1.165, 1.54) is 6.07 Å². The molecule has 0 saturated carbocycles. The topological polar surface area (TPSA) is 46.5 Å². The van der Waals surface area contributed by atoms with Gasteiger partial charge in [-0.05, 0) is 17.0 Å². The van der Waals surface area contributed by atoms with Crippen LogP contribution in [0, 0.1) is 0 Å². The van der Waals surface area contributed by atoms with Crippen LogP contribution in [0.5, 0.6) is 0 Å². The first kappa shape index (κ1) is 12.0. The average Bonchev–Trinajstić information content (AvgIpc) is 2.15. The maximum atomic E-state index is 11.2. The predicted molar refractivity (Wildman–Crippen MR) is 58.2 cm³/mol. The number of rotatable bonds is 1. The van der Waals surface area contributed by atoms with Crippen LogP contribution in [0.4, 0.5) is 0 Å². The second-order valence-electron chi connectivity index (χ2n) is 4.30. The van der Waals surface area contributed by atoms with Crippen molar-refractivity contribution in [3.05, 3.63) is 34.3 Å². The highest BCUT2D eigenvalue weighted by Crippen LogP contribution is 2.31. The Hall–Kier alpha value is -1.06. The van der Waals surface area contributed by atoms with Crippen LogP contribution in [-0.4, -0.2) is 11.2 Å². The van der Waals surface area contributed by atoms with Gasteiger partial charge >= 0.3 is 5.97 Å². The maximum absolute atomic E-state index is 11.2. The first-order chi connectivity index (χ1) is 6.88. The highest BCUT2D eigenvalue weighted by atomic mass is 35.5. The molecule has 0 aromatic heterocycles. The van der Waals surface area contributed by atoms with E-state index in [9.17, 15) is 4.79 Å². The van der Waals surface area contributed by atoms with E-state index >= 15 is 0 Å². The molecule has 15 heavy (non-hydrogen) atoms. The van der Waals surface area contributed by atoms with Gasteiger partial charge in [0.05, 0.1) is 10.6 Å². The van der Waals surface area contributed by atoms with Crippen molar-refractivity contribution in [1.29, 1.82) is 0 Å². The molecule has 1 aromatic rings. The number of hydrogen-bond donors (Lipinski definition) is 1. The van der Waals surface area contributed by atoms with Crippen molar-refractivity contribution < 1.29 is 14.9 Å². The highest BCUT2D eigenvalue weighted by molar-refractivity contribution is 6.34. The molecule has 0 fully saturated rings. The van der Waals surface area contributed by atoms with Crippen LogP contribution in [0.25, 0.3) is 0 Å². The zero-order valence-corrected chi connectivity index (χ0v) is 9.63. The van der Waals surface area contributed by atoms with E-state index in [-0.39, 0.29) is 11.0 Å². The van der Waals surface area contributed by atoms with Crippen LogP contribution in [0.15, 0.2) is 18.2 Å². The predicted octanol–water partition coefficient (Wildman–Crippen LogP) is 3.27. The second-order valence-corrected chi connectivity index (χ2v) is 4.67. The molecule has 0 unspecified atom stereocenters. The van der Waals surface area contributed by atoms with E-state index in [0.29, 0.717) is 5.02 Å². The molecular weight excluding hydrogens is 216 g/mol. The van der Waals surface area contributed by atoms with Gasteiger partial charge < -0.3 is 0 Å². The van der Waals surface area contributed by atoms with Crippen LogP contribution in [0.1, 0.15) is 36.7 Å². The van der Waals surface area contributed by atoms with Gasteiger partial charge in [-0.25, -0.2) is 4.79 Å².